The minimum absolute atomic E-state index is 0.00940. The molecule has 0 aromatic heterocycles. The van der Waals surface area contributed by atoms with Crippen LogP contribution in [0.15, 0.2) is 0 Å². The molecule has 1 heterocycles. The van der Waals surface area contributed by atoms with Gasteiger partial charge in [0.1, 0.15) is 11.6 Å². The molecule has 1 aliphatic heterocycles. The van der Waals surface area contributed by atoms with Crippen molar-refractivity contribution in [3.8, 4) is 0 Å². The Kier molecular flexibility index (Phi) is 5.50. The SMILES string of the molecule is CC(=O)[C@H]1CC[C@H]2[C@@H]3CCC4CC(O)(O)C(N5CCOC(C)(C)C5)C[C@]4(C)[C@H]3C(=O)C[C@]12C. The maximum atomic E-state index is 13.9. The fourth-order valence-corrected chi connectivity index (χ4v) is 9.50. The summed E-state index contributed by atoms with van der Waals surface area (Å²) in [6, 6.07) is -0.393. The second kappa shape index (κ2) is 7.59. The lowest BCUT2D eigenvalue weighted by atomic mass is 9.43. The Morgan fingerprint density at radius 2 is 1.76 bits per heavy atom. The Morgan fingerprint density at radius 1 is 1.03 bits per heavy atom. The molecule has 0 radical (unpaired) electrons. The van der Waals surface area contributed by atoms with Crippen LogP contribution in [0.3, 0.4) is 0 Å². The minimum Gasteiger partial charge on any atom is -0.373 e. The largest absolute Gasteiger partial charge is 0.373 e. The predicted molar refractivity (Wildman–Crippen MR) is 124 cm³/mol. The smallest absolute Gasteiger partial charge is 0.178 e. The molecular weight excluding hydrogens is 418 g/mol. The van der Waals surface area contributed by atoms with Gasteiger partial charge in [0.15, 0.2) is 5.79 Å². The molecule has 2 N–H and O–H groups in total. The van der Waals surface area contributed by atoms with E-state index in [1.807, 2.05) is 0 Å². The van der Waals surface area contributed by atoms with Crippen LogP contribution in [0.4, 0.5) is 0 Å². The van der Waals surface area contributed by atoms with E-state index in [0.717, 1.165) is 25.7 Å². The Bertz CT molecular complexity index is 838. The molecule has 5 aliphatic rings. The van der Waals surface area contributed by atoms with Crippen molar-refractivity contribution in [1.82, 2.24) is 4.90 Å². The maximum absolute atomic E-state index is 13.9. The number of hydrogen-bond acceptors (Lipinski definition) is 6. The van der Waals surface area contributed by atoms with E-state index in [4.69, 9.17) is 4.74 Å². The molecule has 0 amide bonds. The first-order valence-corrected chi connectivity index (χ1v) is 13.1. The van der Waals surface area contributed by atoms with E-state index in [0.29, 0.717) is 56.6 Å². The summed E-state index contributed by atoms with van der Waals surface area (Å²) >= 11 is 0. The lowest BCUT2D eigenvalue weighted by molar-refractivity contribution is -0.275. The Hall–Kier alpha value is -0.820. The molecule has 0 aromatic carbocycles. The first-order chi connectivity index (χ1) is 15.3. The zero-order chi connectivity index (χ0) is 24.0. The molecule has 0 spiro atoms. The summed E-state index contributed by atoms with van der Waals surface area (Å²) in [5.41, 5.74) is -0.764. The van der Waals surface area contributed by atoms with Crippen molar-refractivity contribution in [2.75, 3.05) is 19.7 Å². The van der Waals surface area contributed by atoms with Crippen LogP contribution < -0.4 is 0 Å². The molecule has 6 heteroatoms. The minimum atomic E-state index is -1.75. The highest BCUT2D eigenvalue weighted by Crippen LogP contribution is 2.67. The monoisotopic (exact) mass is 461 g/mol. The van der Waals surface area contributed by atoms with Crippen LogP contribution in [0.1, 0.15) is 79.6 Å². The maximum Gasteiger partial charge on any atom is 0.178 e. The summed E-state index contributed by atoms with van der Waals surface area (Å²) in [6.07, 6.45) is 5.33. The van der Waals surface area contributed by atoms with Crippen LogP contribution >= 0.6 is 0 Å². The molecule has 0 aromatic rings. The number of Topliss-reactive ketones (excluding diaryl/α,β-unsaturated/α-hetero) is 2. The van der Waals surface area contributed by atoms with Gasteiger partial charge in [-0.2, -0.15) is 0 Å². The van der Waals surface area contributed by atoms with Gasteiger partial charge in [-0.3, -0.25) is 14.5 Å². The van der Waals surface area contributed by atoms with Crippen molar-refractivity contribution < 1.29 is 24.5 Å². The van der Waals surface area contributed by atoms with Crippen molar-refractivity contribution in [3.63, 3.8) is 0 Å². The summed E-state index contributed by atoms with van der Waals surface area (Å²) < 4.78 is 5.89. The van der Waals surface area contributed by atoms with Gasteiger partial charge in [0, 0.05) is 37.8 Å². The third-order valence-corrected chi connectivity index (χ3v) is 10.8. The van der Waals surface area contributed by atoms with E-state index in [9.17, 15) is 19.8 Å². The van der Waals surface area contributed by atoms with Crippen LogP contribution in [0.5, 0.6) is 0 Å². The molecule has 6 nitrogen and oxygen atoms in total. The topological polar surface area (TPSA) is 87.1 Å². The van der Waals surface area contributed by atoms with Crippen molar-refractivity contribution in [2.45, 2.75) is 97.0 Å². The second-order valence-electron chi connectivity index (χ2n) is 13.3. The Morgan fingerprint density at radius 3 is 2.42 bits per heavy atom. The quantitative estimate of drug-likeness (QED) is 0.614. The average Bonchev–Trinajstić information content (AvgIpc) is 3.03. The van der Waals surface area contributed by atoms with E-state index in [1.165, 1.54) is 0 Å². The van der Waals surface area contributed by atoms with Crippen molar-refractivity contribution in [3.05, 3.63) is 0 Å². The van der Waals surface area contributed by atoms with E-state index >= 15 is 0 Å². The highest BCUT2D eigenvalue weighted by Gasteiger charge is 2.66. The van der Waals surface area contributed by atoms with Crippen LogP contribution in [-0.4, -0.2) is 63.8 Å². The van der Waals surface area contributed by atoms with E-state index in [1.54, 1.807) is 6.92 Å². The lowest BCUT2D eigenvalue weighted by Gasteiger charge is -2.63. The molecule has 186 valence electrons. The third kappa shape index (κ3) is 3.57. The van der Waals surface area contributed by atoms with Crippen LogP contribution in [0, 0.1) is 40.4 Å². The number of aliphatic hydroxyl groups is 2. The molecule has 5 rings (SSSR count). The van der Waals surface area contributed by atoms with Gasteiger partial charge in [0.25, 0.3) is 0 Å². The first-order valence-electron chi connectivity index (χ1n) is 13.1. The summed E-state index contributed by atoms with van der Waals surface area (Å²) in [5.74, 6) is -0.340. The number of morpholine rings is 1. The number of fused-ring (bicyclic) bond motifs is 5. The highest BCUT2D eigenvalue weighted by atomic mass is 16.5. The lowest BCUT2D eigenvalue weighted by Crippen LogP contribution is -2.67. The van der Waals surface area contributed by atoms with E-state index in [2.05, 4.69) is 32.6 Å². The Balaban J connectivity index is 1.47. The molecule has 8 atom stereocenters. The van der Waals surface area contributed by atoms with Gasteiger partial charge in [-0.15, -0.1) is 0 Å². The van der Waals surface area contributed by atoms with E-state index in [-0.39, 0.29) is 40.0 Å². The Labute approximate surface area is 198 Å². The number of hydrogen-bond donors (Lipinski definition) is 2. The molecule has 2 unspecified atom stereocenters. The molecule has 0 bridgehead atoms. The van der Waals surface area contributed by atoms with Crippen LogP contribution in [-0.2, 0) is 14.3 Å². The average molecular weight is 462 g/mol. The molecule has 1 saturated heterocycles. The van der Waals surface area contributed by atoms with Gasteiger partial charge < -0.3 is 14.9 Å². The van der Waals surface area contributed by atoms with Crippen LogP contribution in [0.2, 0.25) is 0 Å². The normalized spacial score (nSPS) is 49.1. The number of ketones is 2. The van der Waals surface area contributed by atoms with Gasteiger partial charge in [-0.25, -0.2) is 0 Å². The zero-order valence-electron chi connectivity index (χ0n) is 21.1. The summed E-state index contributed by atoms with van der Waals surface area (Å²) in [7, 11) is 0. The fourth-order valence-electron chi connectivity index (χ4n) is 9.50. The summed E-state index contributed by atoms with van der Waals surface area (Å²) in [4.78, 5) is 28.5. The molecule has 5 fully saturated rings. The summed E-state index contributed by atoms with van der Waals surface area (Å²) in [5, 5.41) is 22.4. The number of carbonyl (C=O) groups is 2. The number of nitrogens with zero attached hydrogens (tertiary/aromatic N) is 1. The standard InChI is InChI=1S/C27H43NO5/c1-16(29)19-8-9-20-18-7-6-17-12-27(31,32)22(28-10-11-33-24(2,3)15-28)14-25(17,4)23(18)21(30)13-26(19,20)5/h17-20,22-23,31-32H,6-15H2,1-5H3/t17?,18-,19+,20-,22?,23+,25-,26+/m0/s1. The van der Waals surface area contributed by atoms with Crippen LogP contribution in [0.25, 0.3) is 0 Å². The van der Waals surface area contributed by atoms with Gasteiger partial charge in [-0.1, -0.05) is 13.8 Å². The fraction of sp³-hybridized carbons (Fsp3) is 0.926. The predicted octanol–water partition coefficient (Wildman–Crippen LogP) is 3.18. The molecule has 4 saturated carbocycles. The van der Waals surface area contributed by atoms with Gasteiger partial charge in [0.05, 0.1) is 18.2 Å². The van der Waals surface area contributed by atoms with Crippen molar-refractivity contribution >= 4 is 11.6 Å². The van der Waals surface area contributed by atoms with E-state index < -0.39 is 11.8 Å². The zero-order valence-corrected chi connectivity index (χ0v) is 21.1. The number of rotatable bonds is 2. The van der Waals surface area contributed by atoms with Gasteiger partial charge >= 0.3 is 0 Å². The van der Waals surface area contributed by atoms with Crippen molar-refractivity contribution in [2.24, 2.45) is 40.4 Å². The number of ether oxygens (including phenoxy) is 1. The first kappa shape index (κ1) is 23.9. The number of carbonyl (C=O) groups excluding carboxylic acids is 2. The van der Waals surface area contributed by atoms with Crippen molar-refractivity contribution in [1.29, 1.82) is 0 Å². The molecule has 4 aliphatic carbocycles. The third-order valence-electron chi connectivity index (χ3n) is 10.8. The summed E-state index contributed by atoms with van der Waals surface area (Å²) in [6.45, 7) is 12.2. The molecule has 33 heavy (non-hydrogen) atoms. The molecular formula is C27H43NO5. The second-order valence-corrected chi connectivity index (χ2v) is 13.3. The van der Waals surface area contributed by atoms with Gasteiger partial charge in [0.2, 0.25) is 0 Å². The highest BCUT2D eigenvalue weighted by molar-refractivity contribution is 5.87. The van der Waals surface area contributed by atoms with Gasteiger partial charge in [-0.05, 0) is 81.5 Å².